The number of halogens is 1. The van der Waals surface area contributed by atoms with Gasteiger partial charge in [-0.05, 0) is 18.9 Å². The summed E-state index contributed by atoms with van der Waals surface area (Å²) in [5.41, 5.74) is 0.479. The number of carboxylic acids is 1. The Labute approximate surface area is 154 Å². The van der Waals surface area contributed by atoms with Gasteiger partial charge >= 0.3 is 5.97 Å². The Morgan fingerprint density at radius 3 is 2.84 bits per heavy atom. The van der Waals surface area contributed by atoms with Gasteiger partial charge in [0, 0.05) is 24.3 Å². The minimum atomic E-state index is -0.843. The lowest BCUT2D eigenvalue weighted by Crippen LogP contribution is -2.05. The second-order valence-corrected chi connectivity index (χ2v) is 6.39. The summed E-state index contributed by atoms with van der Waals surface area (Å²) in [4.78, 5) is 22.5. The van der Waals surface area contributed by atoms with Gasteiger partial charge in [0.1, 0.15) is 0 Å². The lowest BCUT2D eigenvalue weighted by atomic mass is 9.99. The van der Waals surface area contributed by atoms with Gasteiger partial charge in [0.15, 0.2) is 0 Å². The van der Waals surface area contributed by atoms with E-state index in [0.29, 0.717) is 24.8 Å². The summed E-state index contributed by atoms with van der Waals surface area (Å²) in [6.45, 7) is 2.11. The van der Waals surface area contributed by atoms with Gasteiger partial charge in [0.25, 0.3) is 0 Å². The Morgan fingerprint density at radius 1 is 1.40 bits per heavy atom. The molecular weight excluding hydrogens is 340 g/mol. The maximum atomic E-state index is 12.1. The molecule has 0 aliphatic heterocycles. The van der Waals surface area contributed by atoms with Gasteiger partial charge in [-0.2, -0.15) is 0 Å². The van der Waals surface area contributed by atoms with Gasteiger partial charge in [-0.15, -0.1) is 0 Å². The molecular formula is C20H25ClO4. The number of Topliss-reactive ketones (excluding diaryl/α,β-unsaturated/α-hetero) is 1. The normalized spacial score (nSPS) is 19.8. The predicted molar refractivity (Wildman–Crippen MR) is 99.1 cm³/mol. The van der Waals surface area contributed by atoms with Gasteiger partial charge in [-0.1, -0.05) is 67.9 Å². The molecule has 2 atom stereocenters. The maximum absolute atomic E-state index is 12.1. The molecule has 0 aromatic carbocycles. The summed E-state index contributed by atoms with van der Waals surface area (Å²) in [6, 6.07) is 0. The average Bonchev–Trinajstić information content (AvgIpc) is 2.83. The molecule has 0 heterocycles. The molecule has 0 aromatic heterocycles. The number of hydrogen-bond donors (Lipinski definition) is 2. The Morgan fingerprint density at radius 2 is 2.16 bits per heavy atom. The van der Waals surface area contributed by atoms with E-state index in [4.69, 9.17) is 16.7 Å². The van der Waals surface area contributed by atoms with E-state index in [1.165, 1.54) is 6.08 Å². The number of aliphatic hydroxyl groups is 1. The van der Waals surface area contributed by atoms with Crippen molar-refractivity contribution in [1.29, 1.82) is 0 Å². The van der Waals surface area contributed by atoms with Crippen LogP contribution >= 0.6 is 11.6 Å². The summed E-state index contributed by atoms with van der Waals surface area (Å²) in [5, 5.41) is 18.7. The molecule has 1 aliphatic rings. The highest BCUT2D eigenvalue weighted by molar-refractivity contribution is 6.46. The Hall–Kier alpha value is -1.83. The molecule has 136 valence electrons. The first-order chi connectivity index (χ1) is 12.0. The second-order valence-electron chi connectivity index (χ2n) is 5.99. The van der Waals surface area contributed by atoms with Crippen LogP contribution in [0.2, 0.25) is 0 Å². The molecule has 0 aromatic rings. The fourth-order valence-corrected chi connectivity index (χ4v) is 2.65. The van der Waals surface area contributed by atoms with Crippen LogP contribution in [-0.4, -0.2) is 28.1 Å². The molecule has 0 saturated heterocycles. The van der Waals surface area contributed by atoms with E-state index in [1.54, 1.807) is 18.2 Å². The molecule has 5 heteroatoms. The third-order valence-electron chi connectivity index (χ3n) is 3.83. The van der Waals surface area contributed by atoms with Crippen molar-refractivity contribution in [2.45, 2.75) is 58.0 Å². The van der Waals surface area contributed by atoms with E-state index in [1.807, 2.05) is 0 Å². The topological polar surface area (TPSA) is 74.6 Å². The van der Waals surface area contributed by atoms with Crippen molar-refractivity contribution in [2.75, 3.05) is 0 Å². The number of unbranched alkanes of at least 4 members (excludes halogenated alkanes) is 3. The smallest absolute Gasteiger partial charge is 0.303 e. The number of carboxylic acid groups (broad SMARTS) is 1. The third kappa shape index (κ3) is 8.20. The van der Waals surface area contributed by atoms with Crippen molar-refractivity contribution in [3.8, 4) is 11.8 Å². The lowest BCUT2D eigenvalue weighted by Gasteiger charge is -2.07. The number of rotatable bonds is 9. The maximum Gasteiger partial charge on any atom is 0.303 e. The highest BCUT2D eigenvalue weighted by Crippen LogP contribution is 2.30. The molecule has 0 saturated carbocycles. The Kier molecular flexibility index (Phi) is 9.91. The number of aliphatic carboxylic acids is 1. The van der Waals surface area contributed by atoms with Crippen molar-refractivity contribution in [3.05, 3.63) is 34.9 Å². The average molecular weight is 365 g/mol. The van der Waals surface area contributed by atoms with Gasteiger partial charge in [0.2, 0.25) is 5.78 Å². The van der Waals surface area contributed by atoms with E-state index < -0.39 is 12.1 Å². The molecule has 25 heavy (non-hydrogen) atoms. The number of carbonyl (C=O) groups is 2. The van der Waals surface area contributed by atoms with Crippen molar-refractivity contribution < 1.29 is 19.8 Å². The van der Waals surface area contributed by atoms with Crippen LogP contribution in [0.15, 0.2) is 34.9 Å². The van der Waals surface area contributed by atoms with Crippen molar-refractivity contribution in [1.82, 2.24) is 0 Å². The molecule has 2 N–H and O–H groups in total. The van der Waals surface area contributed by atoms with Crippen LogP contribution in [0.3, 0.4) is 0 Å². The van der Waals surface area contributed by atoms with Crippen molar-refractivity contribution in [2.24, 2.45) is 5.92 Å². The van der Waals surface area contributed by atoms with Crippen LogP contribution in [0.1, 0.15) is 51.9 Å². The quantitative estimate of drug-likeness (QED) is 0.281. The van der Waals surface area contributed by atoms with E-state index in [0.717, 1.165) is 19.3 Å². The largest absolute Gasteiger partial charge is 0.481 e. The number of carbonyl (C=O) groups excluding carboxylic acids is 1. The predicted octanol–water partition coefficient (Wildman–Crippen LogP) is 3.99. The monoisotopic (exact) mass is 364 g/mol. The molecule has 0 fully saturated rings. The van der Waals surface area contributed by atoms with Gasteiger partial charge in [-0.3, -0.25) is 9.59 Å². The standard InChI is InChI=1S/C20H25ClO4/c1-2-3-6-9-16(22)13-12-15-14-18(21)20(25)17(15)10-7-4-5-8-11-19(23)24/h10,12-16,22H,2-3,5-6,8-9,11H2,1H3,(H,23,24). The van der Waals surface area contributed by atoms with Crippen LogP contribution < -0.4 is 0 Å². The third-order valence-corrected chi connectivity index (χ3v) is 4.13. The second kappa shape index (κ2) is 11.7. The fourth-order valence-electron chi connectivity index (χ4n) is 2.41. The summed E-state index contributed by atoms with van der Waals surface area (Å²) >= 11 is 5.93. The van der Waals surface area contributed by atoms with Gasteiger partial charge < -0.3 is 10.2 Å². The van der Waals surface area contributed by atoms with Crippen LogP contribution in [0.5, 0.6) is 0 Å². The zero-order valence-corrected chi connectivity index (χ0v) is 15.3. The van der Waals surface area contributed by atoms with E-state index >= 15 is 0 Å². The van der Waals surface area contributed by atoms with Crippen molar-refractivity contribution in [3.63, 3.8) is 0 Å². The summed E-state index contributed by atoms with van der Waals surface area (Å²) < 4.78 is 0. The Bertz CT molecular complexity index is 619. The van der Waals surface area contributed by atoms with Gasteiger partial charge in [-0.25, -0.2) is 0 Å². The number of aliphatic hydroxyl groups excluding tert-OH is 1. The number of ketones is 1. The first-order valence-electron chi connectivity index (χ1n) is 8.64. The van der Waals surface area contributed by atoms with Crippen molar-refractivity contribution >= 4 is 23.4 Å². The molecule has 0 bridgehead atoms. The van der Waals surface area contributed by atoms with Crippen LogP contribution in [0.4, 0.5) is 0 Å². The first-order valence-corrected chi connectivity index (χ1v) is 9.02. The minimum Gasteiger partial charge on any atom is -0.481 e. The highest BCUT2D eigenvalue weighted by atomic mass is 35.5. The molecule has 1 aliphatic carbocycles. The molecule has 4 nitrogen and oxygen atoms in total. The Balaban J connectivity index is 2.64. The molecule has 0 spiro atoms. The zero-order chi connectivity index (χ0) is 18.7. The summed E-state index contributed by atoms with van der Waals surface area (Å²) in [7, 11) is 0. The van der Waals surface area contributed by atoms with Crippen LogP contribution in [0, 0.1) is 17.8 Å². The van der Waals surface area contributed by atoms with E-state index in [-0.39, 0.29) is 23.2 Å². The van der Waals surface area contributed by atoms with E-state index in [9.17, 15) is 14.7 Å². The van der Waals surface area contributed by atoms with Crippen LogP contribution in [0.25, 0.3) is 0 Å². The minimum absolute atomic E-state index is 0.0822. The molecule has 2 unspecified atom stereocenters. The number of allylic oxidation sites excluding steroid dienone is 5. The number of hydrogen-bond acceptors (Lipinski definition) is 3. The fraction of sp³-hybridized carbons (Fsp3) is 0.500. The SMILES string of the molecule is CCCCCC(O)C=CC1C=C(Cl)C(=O)C1=CC#CCCCC(=O)O. The highest BCUT2D eigenvalue weighted by Gasteiger charge is 2.27. The summed E-state index contributed by atoms with van der Waals surface area (Å²) in [5.74, 6) is 4.26. The molecule has 0 radical (unpaired) electrons. The molecule has 1 rings (SSSR count). The lowest BCUT2D eigenvalue weighted by molar-refractivity contribution is -0.137. The summed E-state index contributed by atoms with van der Waals surface area (Å²) in [6.07, 6.45) is 11.0. The zero-order valence-electron chi connectivity index (χ0n) is 14.5. The molecule has 0 amide bonds. The first kappa shape index (κ1) is 21.2. The van der Waals surface area contributed by atoms with E-state index in [2.05, 4.69) is 18.8 Å². The van der Waals surface area contributed by atoms with Crippen LogP contribution in [-0.2, 0) is 9.59 Å². The van der Waals surface area contributed by atoms with Gasteiger partial charge in [0.05, 0.1) is 11.1 Å².